The zero-order valence-electron chi connectivity index (χ0n) is 23.4. The van der Waals surface area contributed by atoms with Gasteiger partial charge in [0.2, 0.25) is 0 Å². The number of carbonyl (C=O) groups excluding carboxylic acids is 1. The summed E-state index contributed by atoms with van der Waals surface area (Å²) in [5, 5.41) is 13.0. The molecule has 0 fully saturated rings. The quantitative estimate of drug-likeness (QED) is 0.258. The number of nitrogens with one attached hydrogen (secondary N) is 1. The number of fused-ring (bicyclic) bond motifs is 1. The molecule has 1 amide bonds. The molecule has 4 heterocycles. The maximum atomic E-state index is 13.3. The van der Waals surface area contributed by atoms with Crippen molar-refractivity contribution in [2.75, 3.05) is 16.8 Å². The monoisotopic (exact) mass is 566 g/mol. The summed E-state index contributed by atoms with van der Waals surface area (Å²) in [5.41, 5.74) is 3.22. The SMILES string of the molecule is CCN(C(=O)c1ccncc1)c1cncnc1N[C@@H](Cc1ccc(-n2c(=O)n(C(C)C)c3cccnc32)cc1)C(=O)O. The van der Waals surface area contributed by atoms with Crippen LogP contribution in [0, 0.1) is 0 Å². The number of rotatable bonds is 10. The van der Waals surface area contributed by atoms with Gasteiger partial charge in [-0.05, 0) is 62.7 Å². The maximum Gasteiger partial charge on any atom is 0.335 e. The van der Waals surface area contributed by atoms with E-state index in [1.807, 2.05) is 26.8 Å². The summed E-state index contributed by atoms with van der Waals surface area (Å²) in [4.78, 5) is 57.0. The molecule has 214 valence electrons. The van der Waals surface area contributed by atoms with Crippen molar-refractivity contribution in [3.8, 4) is 5.69 Å². The maximum absolute atomic E-state index is 13.3. The Kier molecular flexibility index (Phi) is 8.05. The van der Waals surface area contributed by atoms with Crippen LogP contribution in [0.5, 0.6) is 0 Å². The Morgan fingerprint density at radius 3 is 2.40 bits per heavy atom. The molecule has 0 bridgehead atoms. The summed E-state index contributed by atoms with van der Waals surface area (Å²) in [6.07, 6.45) is 7.59. The van der Waals surface area contributed by atoms with E-state index < -0.39 is 12.0 Å². The predicted molar refractivity (Wildman–Crippen MR) is 158 cm³/mol. The average molecular weight is 567 g/mol. The first-order valence-corrected chi connectivity index (χ1v) is 13.5. The van der Waals surface area contributed by atoms with Crippen LogP contribution >= 0.6 is 0 Å². The number of carbonyl (C=O) groups is 2. The van der Waals surface area contributed by atoms with Crippen LogP contribution in [-0.2, 0) is 11.2 Å². The van der Waals surface area contributed by atoms with Gasteiger partial charge in [-0.15, -0.1) is 0 Å². The van der Waals surface area contributed by atoms with Crippen molar-refractivity contribution in [3.05, 3.63) is 101 Å². The highest BCUT2D eigenvalue weighted by molar-refractivity contribution is 6.07. The molecule has 2 N–H and O–H groups in total. The van der Waals surface area contributed by atoms with E-state index in [1.54, 1.807) is 57.8 Å². The molecule has 1 aromatic carbocycles. The zero-order chi connectivity index (χ0) is 29.8. The third kappa shape index (κ3) is 5.46. The van der Waals surface area contributed by atoms with Gasteiger partial charge in [-0.3, -0.25) is 14.3 Å². The Balaban J connectivity index is 1.41. The second kappa shape index (κ2) is 12.0. The van der Waals surface area contributed by atoms with Crippen LogP contribution in [0.25, 0.3) is 16.9 Å². The number of carboxylic acids is 1. The molecule has 1 atom stereocenters. The van der Waals surface area contributed by atoms with E-state index in [9.17, 15) is 19.5 Å². The fourth-order valence-corrected chi connectivity index (χ4v) is 4.87. The second-order valence-electron chi connectivity index (χ2n) is 9.88. The molecule has 0 saturated carbocycles. The standard InChI is InChI=1S/C30H30N8O4/c1-4-36(28(39)21-11-14-31-15-12-21)25-17-32-18-34-26(25)35-23(29(40)41)16-20-7-9-22(10-8-20)38-27-24(6-5-13-33-27)37(19(2)3)30(38)42/h5-15,17-19,23H,4,16H2,1-3H3,(H,40,41)(H,32,34,35)/t23-/m0/s1. The minimum absolute atomic E-state index is 0.0533. The molecule has 0 saturated heterocycles. The minimum atomic E-state index is -1.09. The van der Waals surface area contributed by atoms with Gasteiger partial charge in [0.05, 0.1) is 17.4 Å². The van der Waals surface area contributed by atoms with Gasteiger partial charge < -0.3 is 15.3 Å². The van der Waals surface area contributed by atoms with Crippen molar-refractivity contribution in [2.24, 2.45) is 0 Å². The number of anilines is 2. The lowest BCUT2D eigenvalue weighted by molar-refractivity contribution is -0.137. The molecule has 4 aromatic heterocycles. The fourth-order valence-electron chi connectivity index (χ4n) is 4.87. The van der Waals surface area contributed by atoms with Crippen LogP contribution in [0.2, 0.25) is 0 Å². The van der Waals surface area contributed by atoms with E-state index in [2.05, 4.69) is 25.3 Å². The Bertz CT molecular complexity index is 1780. The molecule has 5 aromatic rings. The average Bonchev–Trinajstić information content (AvgIpc) is 3.30. The van der Waals surface area contributed by atoms with E-state index in [1.165, 1.54) is 29.8 Å². The highest BCUT2D eigenvalue weighted by Crippen LogP contribution is 2.26. The van der Waals surface area contributed by atoms with Crippen LogP contribution in [0.3, 0.4) is 0 Å². The molecule has 0 aliphatic heterocycles. The molecule has 0 aliphatic rings. The molecule has 42 heavy (non-hydrogen) atoms. The Morgan fingerprint density at radius 1 is 1.00 bits per heavy atom. The number of aromatic nitrogens is 6. The van der Waals surface area contributed by atoms with Gasteiger partial charge in [0.25, 0.3) is 5.91 Å². The summed E-state index contributed by atoms with van der Waals surface area (Å²) in [6, 6.07) is 12.9. The molecule has 5 rings (SSSR count). The summed E-state index contributed by atoms with van der Waals surface area (Å²) < 4.78 is 3.25. The number of nitrogens with zero attached hydrogens (tertiary/aromatic N) is 7. The number of benzene rings is 1. The molecule has 0 aliphatic carbocycles. The third-order valence-electron chi connectivity index (χ3n) is 6.87. The van der Waals surface area contributed by atoms with Gasteiger partial charge in [-0.25, -0.2) is 29.1 Å². The molecule has 0 radical (unpaired) electrons. The predicted octanol–water partition coefficient (Wildman–Crippen LogP) is 3.73. The van der Waals surface area contributed by atoms with Gasteiger partial charge in [0.15, 0.2) is 11.5 Å². The van der Waals surface area contributed by atoms with Gasteiger partial charge in [0.1, 0.15) is 18.1 Å². The molecule has 12 heteroatoms. The van der Waals surface area contributed by atoms with Gasteiger partial charge in [-0.1, -0.05) is 12.1 Å². The van der Waals surface area contributed by atoms with Crippen LogP contribution in [0.4, 0.5) is 11.5 Å². The zero-order valence-corrected chi connectivity index (χ0v) is 23.4. The topological polar surface area (TPSA) is 148 Å². The van der Waals surface area contributed by atoms with E-state index in [4.69, 9.17) is 0 Å². The highest BCUT2D eigenvalue weighted by atomic mass is 16.4. The summed E-state index contributed by atoms with van der Waals surface area (Å²) in [5.74, 6) is -1.16. The van der Waals surface area contributed by atoms with E-state index in [0.717, 1.165) is 11.1 Å². The normalized spacial score (nSPS) is 11.9. The van der Waals surface area contributed by atoms with Crippen molar-refractivity contribution < 1.29 is 14.7 Å². The number of amides is 1. The molecule has 0 unspecified atom stereocenters. The molecular formula is C30H30N8O4. The van der Waals surface area contributed by atoms with E-state index >= 15 is 0 Å². The molecule has 0 spiro atoms. The fraction of sp³-hybridized carbons (Fsp3) is 0.233. The van der Waals surface area contributed by atoms with Gasteiger partial charge in [0, 0.05) is 43.2 Å². The summed E-state index contributed by atoms with van der Waals surface area (Å²) in [7, 11) is 0. The number of pyridine rings is 2. The Hall–Kier alpha value is -5.39. The molecule has 12 nitrogen and oxygen atoms in total. The molecular weight excluding hydrogens is 536 g/mol. The Morgan fingerprint density at radius 2 is 1.74 bits per heavy atom. The summed E-state index contributed by atoms with van der Waals surface area (Å²) >= 11 is 0. The van der Waals surface area contributed by atoms with Crippen molar-refractivity contribution in [1.82, 2.24) is 29.1 Å². The smallest absolute Gasteiger partial charge is 0.335 e. The van der Waals surface area contributed by atoms with Gasteiger partial charge in [-0.2, -0.15) is 0 Å². The van der Waals surface area contributed by atoms with Crippen molar-refractivity contribution in [2.45, 2.75) is 39.3 Å². The highest BCUT2D eigenvalue weighted by Gasteiger charge is 2.25. The third-order valence-corrected chi connectivity index (χ3v) is 6.87. The number of carboxylic acid groups (broad SMARTS) is 1. The van der Waals surface area contributed by atoms with Gasteiger partial charge >= 0.3 is 11.7 Å². The largest absolute Gasteiger partial charge is 0.480 e. The van der Waals surface area contributed by atoms with E-state index in [-0.39, 0.29) is 29.9 Å². The lowest BCUT2D eigenvalue weighted by Crippen LogP contribution is -2.35. The number of imidazole rings is 1. The summed E-state index contributed by atoms with van der Waals surface area (Å²) in [6.45, 7) is 6.01. The number of hydrogen-bond acceptors (Lipinski definition) is 8. The number of aliphatic carboxylic acids is 1. The van der Waals surface area contributed by atoms with Crippen LogP contribution < -0.4 is 15.9 Å². The van der Waals surface area contributed by atoms with E-state index in [0.29, 0.717) is 29.1 Å². The minimum Gasteiger partial charge on any atom is -0.480 e. The van der Waals surface area contributed by atoms with Crippen molar-refractivity contribution in [1.29, 1.82) is 0 Å². The van der Waals surface area contributed by atoms with Crippen molar-refractivity contribution in [3.63, 3.8) is 0 Å². The second-order valence-corrected chi connectivity index (χ2v) is 9.88. The first-order chi connectivity index (χ1) is 20.3. The first-order valence-electron chi connectivity index (χ1n) is 13.5. The van der Waals surface area contributed by atoms with Crippen molar-refractivity contribution >= 4 is 34.5 Å². The Labute approximate surface area is 241 Å². The lowest BCUT2D eigenvalue weighted by atomic mass is 10.1. The van der Waals surface area contributed by atoms with Crippen LogP contribution in [0.15, 0.2) is 84.4 Å². The van der Waals surface area contributed by atoms with Crippen LogP contribution in [0.1, 0.15) is 42.7 Å². The first kappa shape index (κ1) is 28.1. The van der Waals surface area contributed by atoms with Crippen LogP contribution in [-0.4, -0.2) is 58.6 Å². The number of hydrogen-bond donors (Lipinski definition) is 2. The lowest BCUT2D eigenvalue weighted by Gasteiger charge is -2.24.